The van der Waals surface area contributed by atoms with Crippen LogP contribution in [-0.4, -0.2) is 37.6 Å². The molecule has 0 N–H and O–H groups in total. The van der Waals surface area contributed by atoms with Gasteiger partial charge in [-0.15, -0.1) is 0 Å². The number of rotatable bonds is 6. The van der Waals surface area contributed by atoms with Gasteiger partial charge in [-0.2, -0.15) is 0 Å². The molecule has 1 saturated heterocycles. The predicted octanol–water partition coefficient (Wildman–Crippen LogP) is 1.24. The standard InChI is InChI=1S/C17H17NO5/c19-15-5-6-16(20)18(15)14-3-1-12(2-4-14)9-17(21)23-8-7-13-10-22-11-13/h1-6,13H,7-11H2. The van der Waals surface area contributed by atoms with Crippen molar-refractivity contribution in [3.8, 4) is 0 Å². The van der Waals surface area contributed by atoms with E-state index in [1.54, 1.807) is 24.3 Å². The van der Waals surface area contributed by atoms with Gasteiger partial charge >= 0.3 is 5.97 Å². The molecule has 0 spiro atoms. The first-order chi connectivity index (χ1) is 11.1. The Labute approximate surface area is 133 Å². The minimum atomic E-state index is -0.359. The number of hydrogen-bond donors (Lipinski definition) is 0. The van der Waals surface area contributed by atoms with Crippen LogP contribution in [0.25, 0.3) is 0 Å². The molecule has 2 amide bonds. The average molecular weight is 315 g/mol. The molecule has 0 bridgehead atoms. The van der Waals surface area contributed by atoms with Crippen molar-refractivity contribution in [1.29, 1.82) is 0 Å². The molecule has 6 nitrogen and oxygen atoms in total. The van der Waals surface area contributed by atoms with Crippen LogP contribution in [0.3, 0.4) is 0 Å². The van der Waals surface area contributed by atoms with Gasteiger partial charge in [0.15, 0.2) is 0 Å². The summed E-state index contributed by atoms with van der Waals surface area (Å²) >= 11 is 0. The third-order valence-electron chi connectivity index (χ3n) is 3.85. The van der Waals surface area contributed by atoms with Crippen molar-refractivity contribution in [3.05, 3.63) is 42.0 Å². The van der Waals surface area contributed by atoms with E-state index >= 15 is 0 Å². The third kappa shape index (κ3) is 3.65. The topological polar surface area (TPSA) is 72.9 Å². The summed E-state index contributed by atoms with van der Waals surface area (Å²) in [6.45, 7) is 1.91. The van der Waals surface area contributed by atoms with E-state index in [4.69, 9.17) is 9.47 Å². The molecule has 6 heteroatoms. The van der Waals surface area contributed by atoms with Gasteiger partial charge in [-0.05, 0) is 24.1 Å². The zero-order valence-electron chi connectivity index (χ0n) is 12.6. The molecule has 2 heterocycles. The Morgan fingerprint density at radius 3 is 2.35 bits per heavy atom. The Kier molecular flexibility index (Phi) is 4.52. The van der Waals surface area contributed by atoms with E-state index in [0.717, 1.165) is 30.1 Å². The second-order valence-electron chi connectivity index (χ2n) is 5.60. The highest BCUT2D eigenvalue weighted by atomic mass is 16.5. The summed E-state index contributed by atoms with van der Waals surface area (Å²) < 4.78 is 10.3. The van der Waals surface area contributed by atoms with Gasteiger partial charge in [0.25, 0.3) is 11.8 Å². The van der Waals surface area contributed by atoms with E-state index in [-0.39, 0.29) is 24.2 Å². The molecule has 2 aliphatic rings. The zero-order valence-corrected chi connectivity index (χ0v) is 12.6. The summed E-state index contributed by atoms with van der Waals surface area (Å²) in [5.41, 5.74) is 1.27. The lowest BCUT2D eigenvalue weighted by molar-refractivity contribution is -0.144. The van der Waals surface area contributed by atoms with E-state index in [1.807, 2.05) is 0 Å². The van der Waals surface area contributed by atoms with Crippen molar-refractivity contribution in [2.45, 2.75) is 12.8 Å². The molecule has 1 aromatic carbocycles. The van der Waals surface area contributed by atoms with Gasteiger partial charge in [0.05, 0.1) is 31.9 Å². The minimum Gasteiger partial charge on any atom is -0.465 e. The monoisotopic (exact) mass is 315 g/mol. The normalized spacial score (nSPS) is 17.5. The Bertz CT molecular complexity index is 627. The number of ether oxygens (including phenoxy) is 2. The molecule has 0 radical (unpaired) electrons. The van der Waals surface area contributed by atoms with Crippen molar-refractivity contribution in [2.75, 3.05) is 24.7 Å². The van der Waals surface area contributed by atoms with Gasteiger partial charge in [0, 0.05) is 18.1 Å². The second-order valence-corrected chi connectivity index (χ2v) is 5.60. The molecule has 0 unspecified atom stereocenters. The molecule has 3 rings (SSSR count). The third-order valence-corrected chi connectivity index (χ3v) is 3.85. The predicted molar refractivity (Wildman–Crippen MR) is 81.7 cm³/mol. The number of amides is 2. The number of hydrogen-bond acceptors (Lipinski definition) is 5. The van der Waals surface area contributed by atoms with Gasteiger partial charge < -0.3 is 9.47 Å². The van der Waals surface area contributed by atoms with Crippen LogP contribution in [0.2, 0.25) is 0 Å². The Balaban J connectivity index is 1.49. The van der Waals surface area contributed by atoms with Crippen LogP contribution in [0, 0.1) is 5.92 Å². The summed E-state index contributed by atoms with van der Waals surface area (Å²) in [7, 11) is 0. The first kappa shape index (κ1) is 15.4. The molecule has 0 atom stereocenters. The Morgan fingerprint density at radius 1 is 1.13 bits per heavy atom. The van der Waals surface area contributed by atoms with E-state index in [9.17, 15) is 14.4 Å². The molecule has 23 heavy (non-hydrogen) atoms. The maximum atomic E-state index is 11.8. The molecular formula is C17H17NO5. The molecular weight excluding hydrogens is 298 g/mol. The largest absolute Gasteiger partial charge is 0.465 e. The van der Waals surface area contributed by atoms with Crippen LogP contribution < -0.4 is 4.90 Å². The van der Waals surface area contributed by atoms with Gasteiger partial charge in [0.2, 0.25) is 0 Å². The van der Waals surface area contributed by atoms with E-state index in [0.29, 0.717) is 18.2 Å². The average Bonchev–Trinajstić information content (AvgIpc) is 2.82. The maximum Gasteiger partial charge on any atom is 0.310 e. The molecule has 1 aromatic rings. The lowest BCUT2D eigenvalue weighted by Gasteiger charge is -2.25. The van der Waals surface area contributed by atoms with Gasteiger partial charge in [-0.1, -0.05) is 12.1 Å². The van der Waals surface area contributed by atoms with Crippen LogP contribution in [0.15, 0.2) is 36.4 Å². The minimum absolute atomic E-state index is 0.168. The van der Waals surface area contributed by atoms with Gasteiger partial charge in [-0.25, -0.2) is 4.90 Å². The summed E-state index contributed by atoms with van der Waals surface area (Å²) in [4.78, 5) is 36.0. The molecule has 120 valence electrons. The number of anilines is 1. The van der Waals surface area contributed by atoms with Crippen LogP contribution in [0.4, 0.5) is 5.69 Å². The SMILES string of the molecule is O=C(Cc1ccc(N2C(=O)C=CC2=O)cc1)OCCC1COC1. The molecule has 0 aliphatic carbocycles. The quantitative estimate of drug-likeness (QED) is 0.583. The first-order valence-electron chi connectivity index (χ1n) is 7.52. The van der Waals surface area contributed by atoms with Crippen molar-refractivity contribution >= 4 is 23.5 Å². The summed E-state index contributed by atoms with van der Waals surface area (Å²) in [6, 6.07) is 6.73. The van der Waals surface area contributed by atoms with E-state index in [2.05, 4.69) is 0 Å². The van der Waals surface area contributed by atoms with Crippen molar-refractivity contribution in [3.63, 3.8) is 0 Å². The molecule has 0 saturated carbocycles. The fourth-order valence-corrected chi connectivity index (χ4v) is 2.43. The maximum absolute atomic E-state index is 11.8. The highest BCUT2D eigenvalue weighted by Gasteiger charge is 2.25. The number of carbonyl (C=O) groups is 3. The summed E-state index contributed by atoms with van der Waals surface area (Å²) in [6.07, 6.45) is 3.47. The first-order valence-corrected chi connectivity index (χ1v) is 7.52. The van der Waals surface area contributed by atoms with Crippen LogP contribution in [0.5, 0.6) is 0 Å². The molecule has 0 aromatic heterocycles. The Morgan fingerprint density at radius 2 is 1.78 bits per heavy atom. The highest BCUT2D eigenvalue weighted by molar-refractivity contribution is 6.28. The van der Waals surface area contributed by atoms with Crippen molar-refractivity contribution < 1.29 is 23.9 Å². The van der Waals surface area contributed by atoms with Gasteiger partial charge in [0.1, 0.15) is 0 Å². The van der Waals surface area contributed by atoms with Crippen molar-refractivity contribution in [2.24, 2.45) is 5.92 Å². The smallest absolute Gasteiger partial charge is 0.310 e. The molecule has 1 fully saturated rings. The van der Waals surface area contributed by atoms with E-state index in [1.165, 1.54) is 12.2 Å². The highest BCUT2D eigenvalue weighted by Crippen LogP contribution is 2.20. The summed E-state index contributed by atoms with van der Waals surface area (Å²) in [5.74, 6) is -0.497. The lowest BCUT2D eigenvalue weighted by Crippen LogP contribution is -2.29. The number of benzene rings is 1. The zero-order chi connectivity index (χ0) is 16.2. The molecule has 2 aliphatic heterocycles. The fourth-order valence-electron chi connectivity index (χ4n) is 2.43. The van der Waals surface area contributed by atoms with Crippen molar-refractivity contribution in [1.82, 2.24) is 0 Å². The van der Waals surface area contributed by atoms with Crippen LogP contribution in [-0.2, 0) is 30.3 Å². The second kappa shape index (κ2) is 6.75. The van der Waals surface area contributed by atoms with Crippen LogP contribution in [0.1, 0.15) is 12.0 Å². The van der Waals surface area contributed by atoms with E-state index < -0.39 is 0 Å². The fraction of sp³-hybridized carbons (Fsp3) is 0.353. The lowest BCUT2D eigenvalue weighted by atomic mass is 10.1. The number of esters is 1. The van der Waals surface area contributed by atoms with Gasteiger partial charge in [-0.3, -0.25) is 14.4 Å². The summed E-state index contributed by atoms with van der Waals surface area (Å²) in [5, 5.41) is 0. The number of carbonyl (C=O) groups excluding carboxylic acids is 3. The Hall–Kier alpha value is -2.47. The number of nitrogens with zero attached hydrogens (tertiary/aromatic N) is 1. The van der Waals surface area contributed by atoms with Crippen LogP contribution >= 0.6 is 0 Å². The number of imide groups is 1.